The van der Waals surface area contributed by atoms with Crippen molar-refractivity contribution in [2.24, 2.45) is 0 Å². The van der Waals surface area contributed by atoms with Crippen molar-refractivity contribution in [2.75, 3.05) is 12.3 Å². The van der Waals surface area contributed by atoms with Crippen LogP contribution in [0.15, 0.2) is 48.5 Å². The fraction of sp³-hybridized carbons (Fsp3) is 0.188. The van der Waals surface area contributed by atoms with E-state index in [2.05, 4.69) is 0 Å². The van der Waals surface area contributed by atoms with Gasteiger partial charge in [0.15, 0.2) is 0 Å². The zero-order chi connectivity index (χ0) is 15.1. The molecule has 5 heteroatoms. The fourth-order valence-electron chi connectivity index (χ4n) is 1.70. The Hall–Kier alpha value is -2.56. The summed E-state index contributed by atoms with van der Waals surface area (Å²) in [5.74, 6) is -0.314. The smallest absolute Gasteiger partial charge is 0.309 e. The number of para-hydroxylation sites is 2. The third-order valence-corrected chi connectivity index (χ3v) is 2.83. The maximum Gasteiger partial charge on any atom is 0.309 e. The van der Waals surface area contributed by atoms with Gasteiger partial charge < -0.3 is 15.2 Å². The second-order valence-electron chi connectivity index (χ2n) is 4.39. The summed E-state index contributed by atoms with van der Waals surface area (Å²) in [6.07, 6.45) is 0.0722. The molecular formula is C16H16FNO3. The van der Waals surface area contributed by atoms with Crippen molar-refractivity contribution in [2.45, 2.75) is 13.0 Å². The van der Waals surface area contributed by atoms with Crippen LogP contribution in [0.25, 0.3) is 0 Å². The van der Waals surface area contributed by atoms with Crippen molar-refractivity contribution in [3.63, 3.8) is 0 Å². The van der Waals surface area contributed by atoms with Crippen molar-refractivity contribution in [3.05, 3.63) is 59.9 Å². The van der Waals surface area contributed by atoms with E-state index in [0.29, 0.717) is 17.0 Å². The Kier molecular flexibility index (Phi) is 5.15. The molecule has 0 aliphatic rings. The third-order valence-electron chi connectivity index (χ3n) is 2.83. The van der Waals surface area contributed by atoms with Crippen LogP contribution in [0, 0.1) is 5.82 Å². The Labute approximate surface area is 122 Å². The van der Waals surface area contributed by atoms with E-state index in [9.17, 15) is 9.18 Å². The van der Waals surface area contributed by atoms with Crippen molar-refractivity contribution < 1.29 is 18.7 Å². The lowest BCUT2D eigenvalue weighted by atomic mass is 10.2. The number of hydrogen-bond acceptors (Lipinski definition) is 4. The van der Waals surface area contributed by atoms with Gasteiger partial charge in [-0.1, -0.05) is 30.3 Å². The highest BCUT2D eigenvalue weighted by molar-refractivity contribution is 5.69. The molecule has 0 atom stereocenters. The highest BCUT2D eigenvalue weighted by Gasteiger charge is 2.07. The summed E-state index contributed by atoms with van der Waals surface area (Å²) in [4.78, 5) is 11.5. The van der Waals surface area contributed by atoms with Crippen LogP contribution < -0.4 is 10.5 Å². The van der Waals surface area contributed by atoms with Crippen molar-refractivity contribution in [3.8, 4) is 5.75 Å². The Bertz CT molecular complexity index is 616. The Morgan fingerprint density at radius 3 is 2.57 bits per heavy atom. The number of carbonyl (C=O) groups is 1. The fourth-order valence-corrected chi connectivity index (χ4v) is 1.70. The normalized spacial score (nSPS) is 10.1. The molecule has 0 bridgehead atoms. The van der Waals surface area contributed by atoms with Gasteiger partial charge >= 0.3 is 5.97 Å². The minimum absolute atomic E-state index is 0.0722. The Balaban J connectivity index is 1.73. The minimum atomic E-state index is -0.451. The molecule has 0 saturated heterocycles. The Morgan fingerprint density at radius 1 is 1.10 bits per heavy atom. The predicted molar refractivity (Wildman–Crippen MR) is 77.2 cm³/mol. The van der Waals surface area contributed by atoms with E-state index >= 15 is 0 Å². The number of anilines is 1. The van der Waals surface area contributed by atoms with Crippen LogP contribution in [-0.4, -0.2) is 12.6 Å². The molecule has 0 amide bonds. The molecule has 0 spiro atoms. The van der Waals surface area contributed by atoms with Gasteiger partial charge in [0, 0.05) is 5.56 Å². The number of esters is 1. The molecular weight excluding hydrogens is 273 g/mol. The van der Waals surface area contributed by atoms with Gasteiger partial charge in [-0.3, -0.25) is 4.79 Å². The number of benzene rings is 2. The second kappa shape index (κ2) is 7.28. The number of ether oxygens (including phenoxy) is 2. The Morgan fingerprint density at radius 2 is 1.81 bits per heavy atom. The van der Waals surface area contributed by atoms with Crippen LogP contribution in [0.3, 0.4) is 0 Å². The van der Waals surface area contributed by atoms with Crippen LogP contribution in [0.5, 0.6) is 5.75 Å². The van der Waals surface area contributed by atoms with E-state index in [1.165, 1.54) is 6.07 Å². The molecule has 0 unspecified atom stereocenters. The number of nitrogens with two attached hydrogens (primary N) is 1. The molecule has 0 fully saturated rings. The highest BCUT2D eigenvalue weighted by atomic mass is 19.1. The SMILES string of the molecule is Nc1ccccc1OCCC(=O)OCc1ccccc1F. The molecule has 2 aromatic carbocycles. The van der Waals surface area contributed by atoms with Gasteiger partial charge in [-0.15, -0.1) is 0 Å². The lowest BCUT2D eigenvalue weighted by molar-refractivity contribution is -0.145. The van der Waals surface area contributed by atoms with Gasteiger partial charge in [0.2, 0.25) is 0 Å². The standard InChI is InChI=1S/C16H16FNO3/c17-13-6-2-1-5-12(13)11-21-16(19)9-10-20-15-8-4-3-7-14(15)18/h1-8H,9-11,18H2. The first-order valence-corrected chi connectivity index (χ1v) is 6.53. The molecule has 0 aromatic heterocycles. The zero-order valence-corrected chi connectivity index (χ0v) is 11.4. The average Bonchev–Trinajstić information content (AvgIpc) is 2.48. The summed E-state index contributed by atoms with van der Waals surface area (Å²) in [7, 11) is 0. The van der Waals surface area contributed by atoms with Crippen LogP contribution >= 0.6 is 0 Å². The molecule has 21 heavy (non-hydrogen) atoms. The van der Waals surface area contributed by atoms with E-state index in [4.69, 9.17) is 15.2 Å². The maximum atomic E-state index is 13.3. The molecule has 2 rings (SSSR count). The lowest BCUT2D eigenvalue weighted by Crippen LogP contribution is -2.11. The van der Waals surface area contributed by atoms with E-state index in [0.717, 1.165) is 0 Å². The maximum absolute atomic E-state index is 13.3. The molecule has 2 N–H and O–H groups in total. The summed E-state index contributed by atoms with van der Waals surface area (Å²) < 4.78 is 23.7. The monoisotopic (exact) mass is 289 g/mol. The summed E-state index contributed by atoms with van der Waals surface area (Å²) in [6.45, 7) is 0.0727. The number of hydrogen-bond donors (Lipinski definition) is 1. The molecule has 0 saturated carbocycles. The molecule has 0 radical (unpaired) electrons. The first kappa shape index (κ1) is 14.8. The molecule has 0 heterocycles. The third kappa shape index (κ3) is 4.49. The zero-order valence-electron chi connectivity index (χ0n) is 11.4. The minimum Gasteiger partial charge on any atom is -0.491 e. The molecule has 0 aliphatic heterocycles. The summed E-state index contributed by atoms with van der Waals surface area (Å²) in [6, 6.07) is 13.2. The van der Waals surface area contributed by atoms with Crippen molar-refractivity contribution in [1.82, 2.24) is 0 Å². The lowest BCUT2D eigenvalue weighted by Gasteiger charge is -2.09. The van der Waals surface area contributed by atoms with Gasteiger partial charge in [-0.25, -0.2) is 4.39 Å². The van der Waals surface area contributed by atoms with E-state index in [1.54, 1.807) is 42.5 Å². The average molecular weight is 289 g/mol. The highest BCUT2D eigenvalue weighted by Crippen LogP contribution is 2.19. The van der Waals surface area contributed by atoms with Gasteiger partial charge in [0.05, 0.1) is 18.7 Å². The van der Waals surface area contributed by atoms with E-state index in [1.807, 2.05) is 0 Å². The molecule has 2 aromatic rings. The van der Waals surface area contributed by atoms with Gasteiger partial charge in [-0.2, -0.15) is 0 Å². The van der Waals surface area contributed by atoms with Crippen molar-refractivity contribution >= 4 is 11.7 Å². The largest absolute Gasteiger partial charge is 0.491 e. The number of halogens is 1. The molecule has 0 aliphatic carbocycles. The van der Waals surface area contributed by atoms with Crippen LogP contribution in [-0.2, 0) is 16.1 Å². The topological polar surface area (TPSA) is 61.5 Å². The van der Waals surface area contributed by atoms with E-state index < -0.39 is 11.8 Å². The quantitative estimate of drug-likeness (QED) is 0.656. The van der Waals surface area contributed by atoms with Crippen LogP contribution in [0.1, 0.15) is 12.0 Å². The van der Waals surface area contributed by atoms with Gasteiger partial charge in [0.25, 0.3) is 0 Å². The number of carbonyl (C=O) groups excluding carboxylic acids is 1. The van der Waals surface area contributed by atoms with Gasteiger partial charge in [0.1, 0.15) is 18.2 Å². The first-order valence-electron chi connectivity index (χ1n) is 6.53. The van der Waals surface area contributed by atoms with Crippen LogP contribution in [0.2, 0.25) is 0 Å². The summed E-state index contributed by atoms with van der Waals surface area (Å²) >= 11 is 0. The number of rotatable bonds is 6. The predicted octanol–water partition coefficient (Wildman–Crippen LogP) is 2.92. The summed E-state index contributed by atoms with van der Waals surface area (Å²) in [5, 5.41) is 0. The first-order chi connectivity index (χ1) is 10.2. The summed E-state index contributed by atoms with van der Waals surface area (Å²) in [5.41, 5.74) is 6.56. The van der Waals surface area contributed by atoms with Gasteiger partial charge in [-0.05, 0) is 18.2 Å². The van der Waals surface area contributed by atoms with E-state index in [-0.39, 0.29) is 19.6 Å². The van der Waals surface area contributed by atoms with Crippen molar-refractivity contribution in [1.29, 1.82) is 0 Å². The number of nitrogen functional groups attached to an aromatic ring is 1. The molecule has 4 nitrogen and oxygen atoms in total. The second-order valence-corrected chi connectivity index (χ2v) is 4.39. The van der Waals surface area contributed by atoms with Crippen LogP contribution in [0.4, 0.5) is 10.1 Å². The molecule has 110 valence electrons.